The van der Waals surface area contributed by atoms with Crippen molar-refractivity contribution in [3.8, 4) is 6.07 Å². The molecule has 0 bridgehead atoms. The number of anilines is 2. The van der Waals surface area contributed by atoms with Crippen molar-refractivity contribution >= 4 is 17.4 Å². The van der Waals surface area contributed by atoms with Crippen molar-refractivity contribution in [2.24, 2.45) is 0 Å². The second kappa shape index (κ2) is 10.3. The van der Waals surface area contributed by atoms with E-state index in [1.54, 1.807) is 24.3 Å². The number of unbranched alkanes of at least 4 members (excludes halogenated alkanes) is 3. The van der Waals surface area contributed by atoms with Gasteiger partial charge >= 0.3 is 5.69 Å². The number of hydrogen-bond donors (Lipinski definition) is 2. The van der Waals surface area contributed by atoms with Crippen LogP contribution >= 0.6 is 0 Å². The highest BCUT2D eigenvalue weighted by Gasteiger charge is 2.25. The van der Waals surface area contributed by atoms with E-state index < -0.39 is 17.2 Å². The number of nitriles is 1. The first-order chi connectivity index (χ1) is 13.9. The van der Waals surface area contributed by atoms with E-state index in [9.17, 15) is 14.4 Å². The van der Waals surface area contributed by atoms with Crippen molar-refractivity contribution in [3.63, 3.8) is 0 Å². The number of amides is 1. The van der Waals surface area contributed by atoms with Crippen LogP contribution in [0.1, 0.15) is 61.9 Å². The fourth-order valence-electron chi connectivity index (χ4n) is 3.05. The molecule has 0 aliphatic rings. The van der Waals surface area contributed by atoms with Gasteiger partial charge in [-0.25, -0.2) is 4.79 Å². The second-order valence-electron chi connectivity index (χ2n) is 6.85. The topological polar surface area (TPSA) is 125 Å². The zero-order chi connectivity index (χ0) is 21.4. The van der Waals surface area contributed by atoms with Crippen LogP contribution in [0.5, 0.6) is 0 Å². The molecule has 8 nitrogen and oxygen atoms in total. The number of carbonyl (C=O) groups excluding carboxylic acids is 1. The molecule has 1 aromatic heterocycles. The summed E-state index contributed by atoms with van der Waals surface area (Å²) >= 11 is 0. The van der Waals surface area contributed by atoms with Crippen LogP contribution in [0.4, 0.5) is 11.5 Å². The Labute approximate surface area is 169 Å². The summed E-state index contributed by atoms with van der Waals surface area (Å²) in [5.74, 6) is -0.408. The fraction of sp³-hybridized carbons (Fsp3) is 0.429. The van der Waals surface area contributed by atoms with Gasteiger partial charge in [0.25, 0.3) is 11.5 Å². The fourth-order valence-corrected chi connectivity index (χ4v) is 3.05. The van der Waals surface area contributed by atoms with Crippen LogP contribution in [0, 0.1) is 11.3 Å². The minimum absolute atomic E-state index is 0.00818. The Bertz CT molecular complexity index is 999. The van der Waals surface area contributed by atoms with Gasteiger partial charge < -0.3 is 10.6 Å². The largest absolute Gasteiger partial charge is 0.383 e. The lowest BCUT2D eigenvalue weighted by Gasteiger charge is -2.24. The molecule has 0 spiro atoms. The normalized spacial score (nSPS) is 10.5. The van der Waals surface area contributed by atoms with E-state index in [1.165, 1.54) is 9.47 Å². The molecule has 0 saturated carbocycles. The van der Waals surface area contributed by atoms with Crippen molar-refractivity contribution in [2.75, 3.05) is 17.2 Å². The smallest absolute Gasteiger partial charge is 0.330 e. The Balaban J connectivity index is 2.54. The van der Waals surface area contributed by atoms with Gasteiger partial charge in [0.05, 0.1) is 11.6 Å². The Kier molecular flexibility index (Phi) is 7.78. The number of H-pyrrole nitrogens is 1. The van der Waals surface area contributed by atoms with Gasteiger partial charge in [-0.2, -0.15) is 5.26 Å². The number of aromatic nitrogens is 2. The van der Waals surface area contributed by atoms with Crippen molar-refractivity contribution in [2.45, 2.75) is 52.5 Å². The Morgan fingerprint density at radius 2 is 1.79 bits per heavy atom. The first kappa shape index (κ1) is 22.0. The monoisotopic (exact) mass is 397 g/mol. The standard InChI is InChI=1S/C21H27N5O3/c1-3-5-7-13-25(20(28)16-10-8-15(14-22)9-11-16)17-18(23)26(12-6-4-2)21(29)24-19(17)27/h8-11H,3-7,12-13,23H2,1-2H3,(H,24,27,29). The van der Waals surface area contributed by atoms with Gasteiger partial charge in [-0.3, -0.25) is 19.1 Å². The Hall–Kier alpha value is -3.34. The molecular weight excluding hydrogens is 370 g/mol. The molecule has 1 heterocycles. The summed E-state index contributed by atoms with van der Waals surface area (Å²) in [6, 6.07) is 8.20. The molecule has 8 heteroatoms. The predicted octanol–water partition coefficient (Wildman–Crippen LogP) is 2.63. The molecule has 1 amide bonds. The van der Waals surface area contributed by atoms with E-state index in [-0.39, 0.29) is 11.5 Å². The maximum atomic E-state index is 13.2. The van der Waals surface area contributed by atoms with Crippen LogP contribution in [0.2, 0.25) is 0 Å². The average molecular weight is 397 g/mol. The van der Waals surface area contributed by atoms with Crippen molar-refractivity contribution < 1.29 is 4.79 Å². The predicted molar refractivity (Wildman–Crippen MR) is 113 cm³/mol. The molecule has 0 aliphatic heterocycles. The molecule has 154 valence electrons. The summed E-state index contributed by atoms with van der Waals surface area (Å²) in [5.41, 5.74) is 5.70. The average Bonchev–Trinajstić information content (AvgIpc) is 2.72. The molecule has 3 N–H and O–H groups in total. The highest BCUT2D eigenvalue weighted by molar-refractivity contribution is 6.07. The Morgan fingerprint density at radius 3 is 2.38 bits per heavy atom. The molecule has 0 fully saturated rings. The zero-order valence-corrected chi connectivity index (χ0v) is 16.9. The molecule has 0 saturated heterocycles. The van der Waals surface area contributed by atoms with Crippen molar-refractivity contribution in [1.82, 2.24) is 9.55 Å². The summed E-state index contributed by atoms with van der Waals surface area (Å²) in [6.45, 7) is 4.68. The van der Waals surface area contributed by atoms with Gasteiger partial charge in [-0.05, 0) is 37.1 Å². The quantitative estimate of drug-likeness (QED) is 0.629. The van der Waals surface area contributed by atoms with Crippen LogP contribution in [-0.4, -0.2) is 22.0 Å². The highest BCUT2D eigenvalue weighted by Crippen LogP contribution is 2.21. The number of nitrogens with two attached hydrogens (primary N) is 1. The molecule has 0 aliphatic carbocycles. The number of nitrogen functional groups attached to an aromatic ring is 1. The van der Waals surface area contributed by atoms with E-state index in [0.29, 0.717) is 30.6 Å². The number of benzene rings is 1. The maximum Gasteiger partial charge on any atom is 0.330 e. The van der Waals surface area contributed by atoms with Crippen molar-refractivity contribution in [1.29, 1.82) is 5.26 Å². The third-order valence-electron chi connectivity index (χ3n) is 4.71. The van der Waals surface area contributed by atoms with Crippen LogP contribution in [0.25, 0.3) is 0 Å². The van der Waals surface area contributed by atoms with Gasteiger partial charge in [-0.15, -0.1) is 0 Å². The van der Waals surface area contributed by atoms with Gasteiger partial charge in [-0.1, -0.05) is 33.1 Å². The molecule has 2 aromatic rings. The summed E-state index contributed by atoms with van der Waals surface area (Å²) in [7, 11) is 0. The molecule has 0 atom stereocenters. The van der Waals surface area contributed by atoms with E-state index in [1.807, 2.05) is 19.9 Å². The Morgan fingerprint density at radius 1 is 1.14 bits per heavy atom. The zero-order valence-electron chi connectivity index (χ0n) is 16.9. The maximum absolute atomic E-state index is 13.2. The molecule has 0 radical (unpaired) electrons. The number of nitrogens with zero attached hydrogens (tertiary/aromatic N) is 3. The van der Waals surface area contributed by atoms with Gasteiger partial charge in [0, 0.05) is 18.7 Å². The van der Waals surface area contributed by atoms with Crippen LogP contribution < -0.4 is 21.9 Å². The third kappa shape index (κ3) is 5.13. The van der Waals surface area contributed by atoms with Crippen molar-refractivity contribution in [3.05, 3.63) is 56.2 Å². The number of hydrogen-bond acceptors (Lipinski definition) is 5. The third-order valence-corrected chi connectivity index (χ3v) is 4.71. The lowest BCUT2D eigenvalue weighted by atomic mass is 10.1. The number of carbonyl (C=O) groups is 1. The van der Waals surface area contributed by atoms with E-state index in [4.69, 9.17) is 11.0 Å². The molecule has 0 unspecified atom stereocenters. The summed E-state index contributed by atoms with van der Waals surface area (Å²) in [6.07, 6.45) is 4.08. The van der Waals surface area contributed by atoms with E-state index in [2.05, 4.69) is 4.98 Å². The second-order valence-corrected chi connectivity index (χ2v) is 6.85. The van der Waals surface area contributed by atoms with Crippen LogP contribution in [0.3, 0.4) is 0 Å². The minimum atomic E-state index is -0.682. The number of rotatable bonds is 9. The summed E-state index contributed by atoms with van der Waals surface area (Å²) < 4.78 is 1.30. The summed E-state index contributed by atoms with van der Waals surface area (Å²) in [4.78, 5) is 41.6. The highest BCUT2D eigenvalue weighted by atomic mass is 16.2. The lowest BCUT2D eigenvalue weighted by molar-refractivity contribution is 0.0986. The lowest BCUT2D eigenvalue weighted by Crippen LogP contribution is -2.41. The SMILES string of the molecule is CCCCCN(C(=O)c1ccc(C#N)cc1)c1c(N)n(CCCC)c(=O)[nH]c1=O. The van der Waals surface area contributed by atoms with Crippen LogP contribution in [0.15, 0.2) is 33.9 Å². The molecule has 2 rings (SSSR count). The van der Waals surface area contributed by atoms with Gasteiger partial charge in [0.15, 0.2) is 5.69 Å². The van der Waals surface area contributed by atoms with E-state index in [0.717, 1.165) is 25.7 Å². The number of aromatic amines is 1. The van der Waals surface area contributed by atoms with Crippen LogP contribution in [-0.2, 0) is 6.54 Å². The first-order valence-corrected chi connectivity index (χ1v) is 9.89. The molecule has 1 aromatic carbocycles. The number of nitrogens with one attached hydrogen (secondary N) is 1. The summed E-state index contributed by atoms with van der Waals surface area (Å²) in [5, 5.41) is 8.96. The van der Waals surface area contributed by atoms with Gasteiger partial charge in [0.1, 0.15) is 5.82 Å². The first-order valence-electron chi connectivity index (χ1n) is 9.89. The van der Waals surface area contributed by atoms with E-state index >= 15 is 0 Å². The molecule has 29 heavy (non-hydrogen) atoms. The van der Waals surface area contributed by atoms with Gasteiger partial charge in [0.2, 0.25) is 0 Å². The molecular formula is C21H27N5O3. The minimum Gasteiger partial charge on any atom is -0.383 e.